The highest BCUT2D eigenvalue weighted by atomic mass is 16.5. The molecule has 1 aliphatic rings. The molecule has 2 aromatic heterocycles. The summed E-state index contributed by atoms with van der Waals surface area (Å²) < 4.78 is 8.99. The van der Waals surface area contributed by atoms with Crippen LogP contribution in [0.1, 0.15) is 173 Å². The molecule has 3 aromatic rings. The lowest BCUT2D eigenvalue weighted by molar-refractivity contribution is -0.147. The minimum absolute atomic E-state index is 0.0299. The zero-order valence-electron chi connectivity index (χ0n) is 72.0. The summed E-state index contributed by atoms with van der Waals surface area (Å²) in [6.07, 6.45) is -5.41. The van der Waals surface area contributed by atoms with Crippen LogP contribution in [0.25, 0.3) is 0 Å². The van der Waals surface area contributed by atoms with Crippen LogP contribution in [0.15, 0.2) is 42.9 Å². The number of hydrogen-bond donors (Lipinski definition) is 18. The maximum absolute atomic E-state index is 14.9. The van der Waals surface area contributed by atoms with Gasteiger partial charge in [0.2, 0.25) is 29.5 Å². The molecular weight excluding hydrogens is 1690 g/mol. The number of nitrogens with zero attached hydrogens (tertiary/aromatic N) is 10. The van der Waals surface area contributed by atoms with Crippen LogP contribution in [0.3, 0.4) is 0 Å². The molecule has 1 saturated heterocycles. The van der Waals surface area contributed by atoms with E-state index in [1.807, 2.05) is 20.0 Å². The Kier molecular flexibility index (Phi) is 45.2. The third-order valence-electron chi connectivity index (χ3n) is 20.2. The number of amides is 7. The number of benzene rings is 1. The average molecular weight is 1810 g/mol. The van der Waals surface area contributed by atoms with Crippen molar-refractivity contribution in [2.75, 3.05) is 98.2 Å². The topological polar surface area (TPSA) is 705 Å². The number of aryl methyl sites for hydroxylation is 1. The van der Waals surface area contributed by atoms with Crippen LogP contribution in [-0.4, -0.2) is 345 Å². The van der Waals surface area contributed by atoms with Crippen molar-refractivity contribution in [3.8, 4) is 5.75 Å². The Morgan fingerprint density at radius 1 is 0.461 bits per heavy atom. The van der Waals surface area contributed by atoms with Crippen molar-refractivity contribution < 1.29 is 152 Å². The summed E-state index contributed by atoms with van der Waals surface area (Å²) in [7, 11) is 0. The summed E-state index contributed by atoms with van der Waals surface area (Å²) in [6, 6.07) is 2.68. The molecule has 710 valence electrons. The molecule has 48 nitrogen and oxygen atoms in total. The molecule has 1 unspecified atom stereocenters. The van der Waals surface area contributed by atoms with Gasteiger partial charge in [-0.05, 0) is 88.4 Å². The lowest BCUT2D eigenvalue weighted by Crippen LogP contribution is -2.60. The third-order valence-corrected chi connectivity index (χ3v) is 20.2. The molecule has 0 radical (unpaired) electrons. The molecule has 1 aromatic carbocycles. The number of carboxylic acid groups (broad SMARTS) is 11. The van der Waals surface area contributed by atoms with Crippen LogP contribution in [-0.2, 0) is 119 Å². The number of aliphatic carboxylic acids is 11. The molecule has 0 spiro atoms. The third kappa shape index (κ3) is 44.9. The monoisotopic (exact) mass is 1810 g/mol. The van der Waals surface area contributed by atoms with E-state index in [2.05, 4.69) is 47.2 Å². The van der Waals surface area contributed by atoms with Crippen LogP contribution in [0.5, 0.6) is 5.75 Å². The second-order valence-electron chi connectivity index (χ2n) is 33.0. The summed E-state index contributed by atoms with van der Waals surface area (Å²) in [5, 5.41) is 132. The first-order valence-electron chi connectivity index (χ1n) is 41.3. The molecule has 0 aliphatic carbocycles. The molecule has 48 heteroatoms. The average Bonchev–Trinajstić information content (AvgIpc) is 0.886. The molecule has 4 rings (SSSR count). The van der Waals surface area contributed by atoms with Gasteiger partial charge < -0.3 is 103 Å². The molecule has 3 atom stereocenters. The number of carbonyl (C=O) groups is 19. The maximum atomic E-state index is 14.9. The van der Waals surface area contributed by atoms with Crippen molar-refractivity contribution in [3.05, 3.63) is 59.9 Å². The number of ketones is 2. The molecule has 0 saturated carbocycles. The lowest BCUT2D eigenvalue weighted by atomic mass is 9.78. The number of rotatable bonds is 62. The van der Waals surface area contributed by atoms with Crippen LogP contribution in [0.4, 0.5) is 4.79 Å². The Bertz CT molecular complexity index is 4240. The first-order chi connectivity index (χ1) is 60.1. The Morgan fingerprint density at radius 3 is 1.47 bits per heavy atom. The number of nitrogens with one attached hydrogen (secondary N) is 7. The number of Topliss-reactive ketones (excluding diaryl/α,β-unsaturated/α-hetero) is 2. The quantitative estimate of drug-likeness (QED) is 0.0303. The zero-order chi connectivity index (χ0) is 95.5. The van der Waals surface area contributed by atoms with Gasteiger partial charge in [0.1, 0.15) is 54.1 Å². The second kappa shape index (κ2) is 53.7. The van der Waals surface area contributed by atoms with Crippen molar-refractivity contribution in [1.29, 1.82) is 0 Å². The van der Waals surface area contributed by atoms with Crippen molar-refractivity contribution >= 4 is 113 Å². The van der Waals surface area contributed by atoms with Gasteiger partial charge in [-0.1, -0.05) is 37.6 Å². The molecular formula is C80H119N17O31. The number of imidazole rings is 1. The van der Waals surface area contributed by atoms with E-state index in [9.17, 15) is 142 Å². The van der Waals surface area contributed by atoms with E-state index in [-0.39, 0.29) is 128 Å². The molecule has 3 heterocycles. The summed E-state index contributed by atoms with van der Waals surface area (Å²) in [5.74, 6) is -21.1. The number of hydrogen-bond acceptors (Lipinski definition) is 28. The minimum Gasteiger partial charge on any atom is -0.487 e. The minimum atomic E-state index is -2.62. The summed E-state index contributed by atoms with van der Waals surface area (Å²) in [5.41, 5.74) is -7.50. The summed E-state index contributed by atoms with van der Waals surface area (Å²) in [4.78, 5) is 254. The van der Waals surface area contributed by atoms with Crippen LogP contribution >= 0.6 is 0 Å². The van der Waals surface area contributed by atoms with Crippen molar-refractivity contribution in [1.82, 2.24) is 86.3 Å². The van der Waals surface area contributed by atoms with E-state index in [0.29, 0.717) is 88.5 Å². The van der Waals surface area contributed by atoms with Gasteiger partial charge in [-0.3, -0.25) is 106 Å². The fourth-order valence-corrected chi connectivity index (χ4v) is 14.6. The van der Waals surface area contributed by atoms with Crippen molar-refractivity contribution in [2.45, 2.75) is 218 Å². The Labute approximate surface area is 735 Å². The number of aromatic nitrogens is 5. The largest absolute Gasteiger partial charge is 0.487 e. The normalized spacial score (nSPS) is 14.3. The highest BCUT2D eigenvalue weighted by Crippen LogP contribution is 2.32. The molecule has 128 heavy (non-hydrogen) atoms. The van der Waals surface area contributed by atoms with E-state index >= 15 is 0 Å². The molecule has 7 amide bonds. The number of urea groups is 1. The highest BCUT2D eigenvalue weighted by molar-refractivity contribution is 5.91. The number of unbranched alkanes of at least 4 members (excludes halogenated alkanes) is 3. The van der Waals surface area contributed by atoms with E-state index < -0.39 is 213 Å². The predicted molar refractivity (Wildman–Crippen MR) is 442 cm³/mol. The van der Waals surface area contributed by atoms with Gasteiger partial charge in [-0.15, -0.1) is 5.10 Å². The Morgan fingerprint density at radius 2 is 0.953 bits per heavy atom. The van der Waals surface area contributed by atoms with Crippen molar-refractivity contribution in [2.24, 2.45) is 5.41 Å². The van der Waals surface area contributed by atoms with E-state index in [0.717, 1.165) is 6.92 Å². The fourth-order valence-electron chi connectivity index (χ4n) is 14.6. The Hall–Kier alpha value is -12.7. The van der Waals surface area contributed by atoms with E-state index in [1.54, 1.807) is 44.9 Å². The van der Waals surface area contributed by atoms with Crippen LogP contribution in [0, 0.1) is 5.41 Å². The van der Waals surface area contributed by atoms with Gasteiger partial charge in [0.15, 0.2) is 0 Å². The van der Waals surface area contributed by atoms with Gasteiger partial charge in [0.05, 0.1) is 107 Å². The van der Waals surface area contributed by atoms with Crippen LogP contribution in [0.2, 0.25) is 0 Å². The van der Waals surface area contributed by atoms with E-state index in [1.165, 1.54) is 37.7 Å². The Balaban J connectivity index is 1.59. The smallest absolute Gasteiger partial charge is 0.326 e. The van der Waals surface area contributed by atoms with Gasteiger partial charge in [0.25, 0.3) is 0 Å². The molecule has 1 aliphatic heterocycles. The molecule has 1 fully saturated rings. The second-order valence-corrected chi connectivity index (χ2v) is 33.0. The molecule has 18 N–H and O–H groups in total. The van der Waals surface area contributed by atoms with Crippen molar-refractivity contribution in [3.63, 3.8) is 0 Å². The predicted octanol–water partition coefficient (Wildman–Crippen LogP) is -0.952. The van der Waals surface area contributed by atoms with Gasteiger partial charge in [-0.25, -0.2) is 19.4 Å². The first kappa shape index (κ1) is 108. The fraction of sp³-hybridized carbons (Fsp3) is 0.625. The van der Waals surface area contributed by atoms with Gasteiger partial charge in [0, 0.05) is 117 Å². The van der Waals surface area contributed by atoms with Gasteiger partial charge >= 0.3 is 71.7 Å². The first-order valence-corrected chi connectivity index (χ1v) is 41.3. The zero-order valence-corrected chi connectivity index (χ0v) is 72.0. The lowest BCUT2D eigenvalue weighted by Gasteiger charge is -2.38. The number of carbonyl (C=O) groups excluding carboxylic acids is 8. The summed E-state index contributed by atoms with van der Waals surface area (Å²) in [6.45, 7) is 7.67. The number of carboxylic acids is 11. The van der Waals surface area contributed by atoms with Gasteiger partial charge in [-0.2, -0.15) is 0 Å². The maximum Gasteiger partial charge on any atom is 0.326 e. The standard InChI is InChI=1S/C80H119N17O31/c1-52(98)43-91-25-29-93(49-72(119)120)31-27-92(28-32-94(30-26-91)50-73(121)122)47-63(103)83-20-10-23-97-45-54(89-90-97)51-128-56-15-13-53(14-16-56)44-95(22-9-5-6-12-60(100)82-19-8-7-11-57(74(123)124)84-76(127)85-58(75(125)126)17-18-65(105)106)46-59-81-21-24-96(59)48-64(104)88-79(34-55(99)33-77(2,3)37-66(107)108,35-61(101)86-78(4,38-67(109)110)39-68(111)112)36-62(102)87-80(40-69(113)114,41-70(115)116)42-71(117)118/h13-16,21,24,45,57-58H,5-12,17-20,22-23,25-44,46-51H2,1-4H3,(H,82,100)(H,83,103)(H,86,101)(H,87,102)(H,88,104)(H,105,106)(H,107,108)(H,109,110)(H,111,112)(H,113,114)(H,115,116)(H,117,118)(H,119,120)(H,121,122)(H,123,124)(H,125,126)(H2,84,85,127)/t57-,58-,79?/m0/s1. The van der Waals surface area contributed by atoms with E-state index in [4.69, 9.17) is 9.84 Å². The molecule has 0 bridgehead atoms. The SMILES string of the molecule is CC(=O)CN1CCN(CC(=O)O)CCN(CC(=O)NCCCn2cc(COc3ccc(CN(CCCCCC(=O)NCCCC[C@H](NC(=O)N[C@@H](CCC(=O)O)C(=O)O)C(=O)O)Cc4nccn4CC(=O)NC(CC(=O)CC(C)(C)CC(=O)O)(CC(=O)NC(C)(CC(=O)O)CC(=O)O)CC(=O)NC(CC(=O)O)(CC(=O)O)CC(=O)O)cc3)nn2)CCN(CC(=O)O)CC1. The van der Waals surface area contributed by atoms with Crippen LogP contribution < -0.4 is 42.0 Å². The number of ether oxygens (including phenoxy) is 1. The highest BCUT2D eigenvalue weighted by Gasteiger charge is 2.46. The summed E-state index contributed by atoms with van der Waals surface area (Å²) >= 11 is 0.